The quantitative estimate of drug-likeness (QED) is 0.834. The van der Waals surface area contributed by atoms with E-state index in [2.05, 4.69) is 10.3 Å². The summed E-state index contributed by atoms with van der Waals surface area (Å²) in [6, 6.07) is 5.96. The van der Waals surface area contributed by atoms with E-state index in [0.29, 0.717) is 0 Å². The third kappa shape index (κ3) is 2.89. The second-order valence-corrected chi connectivity index (χ2v) is 4.36. The Labute approximate surface area is 113 Å². The van der Waals surface area contributed by atoms with Crippen LogP contribution in [0.5, 0.6) is 0 Å². The van der Waals surface area contributed by atoms with Crippen LogP contribution in [-0.4, -0.2) is 12.0 Å². The Morgan fingerprint density at radius 2 is 1.80 bits per heavy atom. The molecular formula is C14H12F4N2. The molecule has 0 unspecified atom stereocenters. The van der Waals surface area contributed by atoms with E-state index in [1.165, 1.54) is 19.2 Å². The average Bonchev–Trinajstić information content (AvgIpc) is 2.40. The highest BCUT2D eigenvalue weighted by atomic mass is 19.4. The lowest BCUT2D eigenvalue weighted by atomic mass is 10.1. The van der Waals surface area contributed by atoms with Crippen LogP contribution in [0.1, 0.15) is 11.1 Å². The second kappa shape index (κ2) is 5.11. The van der Waals surface area contributed by atoms with Gasteiger partial charge < -0.3 is 5.32 Å². The fourth-order valence-corrected chi connectivity index (χ4v) is 1.80. The Morgan fingerprint density at radius 1 is 1.10 bits per heavy atom. The summed E-state index contributed by atoms with van der Waals surface area (Å²) in [5.74, 6) is -0.569. The minimum absolute atomic E-state index is 0.0377. The van der Waals surface area contributed by atoms with Crippen molar-refractivity contribution in [2.75, 3.05) is 12.4 Å². The Kier molecular flexibility index (Phi) is 3.65. The minimum atomic E-state index is -4.51. The maximum Gasteiger partial charge on any atom is 0.416 e. The van der Waals surface area contributed by atoms with Gasteiger partial charge in [0, 0.05) is 12.6 Å². The van der Waals surface area contributed by atoms with Gasteiger partial charge in [0.1, 0.15) is 11.6 Å². The van der Waals surface area contributed by atoms with Crippen molar-refractivity contribution in [2.45, 2.75) is 13.1 Å². The Balaban J connectivity index is 2.64. The molecule has 0 radical (unpaired) electrons. The molecule has 0 spiro atoms. The van der Waals surface area contributed by atoms with E-state index in [4.69, 9.17) is 0 Å². The molecule has 1 heterocycles. The molecule has 0 aliphatic carbocycles. The van der Waals surface area contributed by atoms with Crippen molar-refractivity contribution in [3.63, 3.8) is 0 Å². The molecule has 0 fully saturated rings. The number of alkyl halides is 3. The van der Waals surface area contributed by atoms with Crippen molar-refractivity contribution in [1.29, 1.82) is 0 Å². The van der Waals surface area contributed by atoms with Gasteiger partial charge in [-0.15, -0.1) is 0 Å². The third-order valence-corrected chi connectivity index (χ3v) is 2.81. The summed E-state index contributed by atoms with van der Waals surface area (Å²) in [6.07, 6.45) is -4.51. The molecule has 106 valence electrons. The summed E-state index contributed by atoms with van der Waals surface area (Å²) in [4.78, 5) is 3.99. The van der Waals surface area contributed by atoms with E-state index in [0.717, 1.165) is 17.7 Å². The summed E-state index contributed by atoms with van der Waals surface area (Å²) in [7, 11) is 1.46. The molecule has 6 heteroatoms. The number of halogens is 4. The summed E-state index contributed by atoms with van der Waals surface area (Å²) in [5, 5.41) is 2.55. The highest BCUT2D eigenvalue weighted by Gasteiger charge is 2.32. The molecule has 0 atom stereocenters. The van der Waals surface area contributed by atoms with Crippen LogP contribution in [0, 0.1) is 12.7 Å². The molecule has 1 aromatic carbocycles. The third-order valence-electron chi connectivity index (χ3n) is 2.81. The first-order chi connectivity index (χ1) is 9.31. The van der Waals surface area contributed by atoms with Crippen LogP contribution in [0.15, 0.2) is 30.3 Å². The van der Waals surface area contributed by atoms with Gasteiger partial charge >= 0.3 is 6.18 Å². The number of nitrogens with one attached hydrogen (secondary N) is 1. The molecule has 2 aromatic rings. The van der Waals surface area contributed by atoms with Gasteiger partial charge in [-0.3, -0.25) is 0 Å². The summed E-state index contributed by atoms with van der Waals surface area (Å²) in [6.45, 7) is 1.73. The topological polar surface area (TPSA) is 24.9 Å². The first kappa shape index (κ1) is 14.3. The second-order valence-electron chi connectivity index (χ2n) is 4.36. The summed E-state index contributed by atoms with van der Waals surface area (Å²) >= 11 is 0. The Morgan fingerprint density at radius 3 is 2.40 bits per heavy atom. The van der Waals surface area contributed by atoms with E-state index in [9.17, 15) is 17.6 Å². The predicted octanol–water partition coefficient (Wildman–Crippen LogP) is 4.26. The van der Waals surface area contributed by atoms with E-state index in [-0.39, 0.29) is 17.1 Å². The molecule has 0 amide bonds. The lowest BCUT2D eigenvalue weighted by Crippen LogP contribution is -2.07. The lowest BCUT2D eigenvalue weighted by molar-refractivity contribution is -0.137. The molecule has 2 nitrogen and oxygen atoms in total. The number of hydrogen-bond donors (Lipinski definition) is 1. The standard InChI is InChI=1S/C14H12F4N2/c1-8-3-4-11(15)10(5-8)12-6-9(14(16,17)18)7-13(19-2)20-12/h3-7H,1-2H3,(H,19,20). The number of anilines is 1. The monoisotopic (exact) mass is 284 g/mol. The number of rotatable bonds is 2. The largest absolute Gasteiger partial charge is 0.416 e. The fourth-order valence-electron chi connectivity index (χ4n) is 1.80. The van der Waals surface area contributed by atoms with Gasteiger partial charge in [-0.05, 0) is 31.2 Å². The number of pyridine rings is 1. The van der Waals surface area contributed by atoms with Crippen molar-refractivity contribution < 1.29 is 17.6 Å². The smallest absolute Gasteiger partial charge is 0.373 e. The van der Waals surface area contributed by atoms with E-state index in [1.54, 1.807) is 13.0 Å². The normalized spacial score (nSPS) is 11.5. The minimum Gasteiger partial charge on any atom is -0.373 e. The highest BCUT2D eigenvalue weighted by Crippen LogP contribution is 2.34. The van der Waals surface area contributed by atoms with Gasteiger partial charge in [0.15, 0.2) is 0 Å². The number of benzene rings is 1. The van der Waals surface area contributed by atoms with Crippen LogP contribution >= 0.6 is 0 Å². The average molecular weight is 284 g/mol. The molecule has 1 aromatic heterocycles. The van der Waals surface area contributed by atoms with Gasteiger partial charge in [0.25, 0.3) is 0 Å². The molecule has 0 saturated heterocycles. The maximum atomic E-state index is 13.8. The molecule has 0 aliphatic heterocycles. The first-order valence-electron chi connectivity index (χ1n) is 5.85. The molecule has 0 saturated carbocycles. The van der Waals surface area contributed by atoms with E-state index >= 15 is 0 Å². The molecule has 0 bridgehead atoms. The van der Waals surface area contributed by atoms with Crippen LogP contribution in [0.4, 0.5) is 23.4 Å². The predicted molar refractivity (Wildman–Crippen MR) is 68.9 cm³/mol. The number of hydrogen-bond acceptors (Lipinski definition) is 2. The van der Waals surface area contributed by atoms with Crippen molar-refractivity contribution in [1.82, 2.24) is 4.98 Å². The van der Waals surface area contributed by atoms with Crippen LogP contribution < -0.4 is 5.32 Å². The van der Waals surface area contributed by atoms with Crippen LogP contribution in [-0.2, 0) is 6.18 Å². The van der Waals surface area contributed by atoms with Crippen LogP contribution in [0.25, 0.3) is 11.3 Å². The molecule has 0 aliphatic rings. The molecule has 2 rings (SSSR count). The number of aryl methyl sites for hydroxylation is 1. The zero-order valence-electron chi connectivity index (χ0n) is 10.8. The van der Waals surface area contributed by atoms with Gasteiger partial charge in [-0.25, -0.2) is 9.37 Å². The SMILES string of the molecule is CNc1cc(C(F)(F)F)cc(-c2cc(C)ccc2F)n1. The molecule has 1 N–H and O–H groups in total. The summed E-state index contributed by atoms with van der Waals surface area (Å²) < 4.78 is 52.3. The first-order valence-corrected chi connectivity index (χ1v) is 5.85. The number of nitrogens with zero attached hydrogens (tertiary/aromatic N) is 1. The van der Waals surface area contributed by atoms with E-state index in [1.807, 2.05) is 0 Å². The highest BCUT2D eigenvalue weighted by molar-refractivity contribution is 5.64. The molecule has 20 heavy (non-hydrogen) atoms. The maximum absolute atomic E-state index is 13.8. The van der Waals surface area contributed by atoms with Crippen molar-refractivity contribution in [3.8, 4) is 11.3 Å². The zero-order valence-corrected chi connectivity index (χ0v) is 10.8. The van der Waals surface area contributed by atoms with E-state index < -0.39 is 17.6 Å². The Hall–Kier alpha value is -2.11. The van der Waals surface area contributed by atoms with Crippen molar-refractivity contribution in [2.24, 2.45) is 0 Å². The van der Waals surface area contributed by atoms with Crippen LogP contribution in [0.3, 0.4) is 0 Å². The Bertz CT molecular complexity index is 636. The molecular weight excluding hydrogens is 272 g/mol. The summed E-state index contributed by atoms with van der Waals surface area (Å²) in [5.41, 5.74) is -0.127. The lowest BCUT2D eigenvalue weighted by Gasteiger charge is -2.12. The van der Waals surface area contributed by atoms with Crippen LogP contribution in [0.2, 0.25) is 0 Å². The number of aromatic nitrogens is 1. The van der Waals surface area contributed by atoms with Gasteiger partial charge in [-0.1, -0.05) is 11.6 Å². The van der Waals surface area contributed by atoms with Gasteiger partial charge in [0.2, 0.25) is 0 Å². The fraction of sp³-hybridized carbons (Fsp3) is 0.214. The van der Waals surface area contributed by atoms with Gasteiger partial charge in [-0.2, -0.15) is 13.2 Å². The van der Waals surface area contributed by atoms with Crippen molar-refractivity contribution in [3.05, 3.63) is 47.3 Å². The van der Waals surface area contributed by atoms with Crippen molar-refractivity contribution >= 4 is 5.82 Å². The van der Waals surface area contributed by atoms with Gasteiger partial charge in [0.05, 0.1) is 11.3 Å². The zero-order chi connectivity index (χ0) is 14.9.